The Balaban J connectivity index is 2.29. The summed E-state index contributed by atoms with van der Waals surface area (Å²) < 4.78 is 5.45. The normalized spacial score (nSPS) is 13.1. The lowest BCUT2D eigenvalue weighted by Crippen LogP contribution is -2.40. The van der Waals surface area contributed by atoms with Gasteiger partial charge in [0.1, 0.15) is 5.75 Å². The molecule has 0 saturated heterocycles. The number of fused-ring (bicyclic) bond motifs is 3. The van der Waals surface area contributed by atoms with Crippen molar-refractivity contribution in [3.05, 3.63) is 35.2 Å². The van der Waals surface area contributed by atoms with Crippen LogP contribution in [-0.4, -0.2) is 12.1 Å². The Labute approximate surface area is 92.3 Å². The number of thiophene rings is 1. The van der Waals surface area contributed by atoms with E-state index in [1.165, 1.54) is 4.88 Å². The molecule has 4 heteroatoms. The number of benzene rings is 1. The molecule has 3 rings (SSSR count). The molecule has 0 bridgehead atoms. The Bertz CT molecular complexity index is 521. The minimum absolute atomic E-state index is 0.795. The van der Waals surface area contributed by atoms with Crippen molar-refractivity contribution in [1.82, 2.24) is 0 Å². The molecule has 0 amide bonds. The van der Waals surface area contributed by atoms with Gasteiger partial charge in [0, 0.05) is 10.3 Å². The third-order valence-electron chi connectivity index (χ3n) is 2.53. The maximum Gasteiger partial charge on any atom is 0.560 e. The summed E-state index contributed by atoms with van der Waals surface area (Å²) >= 11 is 1.70. The van der Waals surface area contributed by atoms with Crippen LogP contribution in [0.25, 0.3) is 10.4 Å². The average molecular weight is 216 g/mol. The van der Waals surface area contributed by atoms with E-state index in [0.29, 0.717) is 0 Å². The molecule has 1 aromatic carbocycles. The summed E-state index contributed by atoms with van der Waals surface area (Å²) in [7, 11) is -0.831. The van der Waals surface area contributed by atoms with Gasteiger partial charge >= 0.3 is 7.12 Å². The number of hydrogen-bond donors (Lipinski definition) is 1. The Hall–Kier alpha value is -1.26. The highest BCUT2D eigenvalue weighted by Gasteiger charge is 2.30. The van der Waals surface area contributed by atoms with Crippen molar-refractivity contribution in [2.45, 2.75) is 6.92 Å². The highest BCUT2D eigenvalue weighted by atomic mass is 32.1. The van der Waals surface area contributed by atoms with Crippen molar-refractivity contribution < 1.29 is 9.68 Å². The summed E-state index contributed by atoms with van der Waals surface area (Å²) in [6.07, 6.45) is 0. The van der Waals surface area contributed by atoms with E-state index in [2.05, 4.69) is 0 Å². The molecule has 0 spiro atoms. The summed E-state index contributed by atoms with van der Waals surface area (Å²) in [5, 5.41) is 9.80. The van der Waals surface area contributed by atoms with E-state index in [-0.39, 0.29) is 0 Å². The number of hydrogen-bond acceptors (Lipinski definition) is 3. The van der Waals surface area contributed by atoms with Crippen molar-refractivity contribution >= 4 is 23.9 Å². The van der Waals surface area contributed by atoms with E-state index in [1.54, 1.807) is 11.3 Å². The summed E-state index contributed by atoms with van der Waals surface area (Å²) in [5.41, 5.74) is 1.94. The van der Waals surface area contributed by atoms with Crippen LogP contribution in [0.2, 0.25) is 0 Å². The van der Waals surface area contributed by atoms with Gasteiger partial charge in [0.15, 0.2) is 0 Å². The summed E-state index contributed by atoms with van der Waals surface area (Å²) in [6, 6.07) is 9.79. The van der Waals surface area contributed by atoms with Crippen LogP contribution < -0.4 is 10.1 Å². The first-order chi connectivity index (χ1) is 7.25. The Morgan fingerprint density at radius 1 is 1.33 bits per heavy atom. The van der Waals surface area contributed by atoms with Gasteiger partial charge in [-0.05, 0) is 18.6 Å². The lowest BCUT2D eigenvalue weighted by Gasteiger charge is -2.19. The molecule has 0 fully saturated rings. The standard InChI is InChI=1S/C11H9BO2S/c1-7-6-10-11(15-7)8-4-2-3-5-9(8)12(13)14-10/h2-6,13H,1H3. The predicted molar refractivity (Wildman–Crippen MR) is 62.7 cm³/mol. The molecule has 1 N–H and O–H groups in total. The first-order valence-corrected chi connectivity index (χ1v) is 5.62. The molecule has 2 nitrogen and oxygen atoms in total. The van der Waals surface area contributed by atoms with Gasteiger partial charge < -0.3 is 9.68 Å². The maximum absolute atomic E-state index is 9.80. The Morgan fingerprint density at radius 2 is 2.13 bits per heavy atom. The summed E-state index contributed by atoms with van der Waals surface area (Å²) in [4.78, 5) is 2.32. The quantitative estimate of drug-likeness (QED) is 0.680. The molecular formula is C11H9BO2S. The first kappa shape index (κ1) is 9.01. The minimum atomic E-state index is -0.831. The van der Waals surface area contributed by atoms with Gasteiger partial charge in [-0.2, -0.15) is 0 Å². The second kappa shape index (κ2) is 3.12. The van der Waals surface area contributed by atoms with Gasteiger partial charge in [-0.15, -0.1) is 11.3 Å². The molecule has 1 aliphatic heterocycles. The fraction of sp³-hybridized carbons (Fsp3) is 0.0909. The molecule has 1 aromatic heterocycles. The van der Waals surface area contributed by atoms with Crippen LogP contribution in [0.15, 0.2) is 30.3 Å². The maximum atomic E-state index is 9.80. The highest BCUT2D eigenvalue weighted by Crippen LogP contribution is 2.39. The van der Waals surface area contributed by atoms with Gasteiger partial charge in [0.2, 0.25) is 0 Å². The Morgan fingerprint density at radius 3 is 3.00 bits per heavy atom. The van der Waals surface area contributed by atoms with Crippen molar-refractivity contribution in [2.75, 3.05) is 0 Å². The van der Waals surface area contributed by atoms with E-state index in [1.807, 2.05) is 37.3 Å². The largest absolute Gasteiger partial charge is 0.560 e. The van der Waals surface area contributed by atoms with Gasteiger partial charge in [-0.1, -0.05) is 24.3 Å². The van der Waals surface area contributed by atoms with Crippen molar-refractivity contribution in [3.8, 4) is 16.2 Å². The van der Waals surface area contributed by atoms with Crippen LogP contribution in [-0.2, 0) is 0 Å². The zero-order chi connectivity index (χ0) is 10.4. The molecule has 0 saturated carbocycles. The van der Waals surface area contributed by atoms with Crippen LogP contribution in [0.4, 0.5) is 0 Å². The van der Waals surface area contributed by atoms with E-state index >= 15 is 0 Å². The number of rotatable bonds is 0. The SMILES string of the molecule is Cc1cc2c(s1)-c1ccccc1B(O)O2. The summed E-state index contributed by atoms with van der Waals surface area (Å²) in [6.45, 7) is 2.04. The van der Waals surface area contributed by atoms with Crippen molar-refractivity contribution in [2.24, 2.45) is 0 Å². The lowest BCUT2D eigenvalue weighted by atomic mass is 9.74. The van der Waals surface area contributed by atoms with Crippen LogP contribution in [0.3, 0.4) is 0 Å². The smallest absolute Gasteiger partial charge is 0.531 e. The van der Waals surface area contributed by atoms with Gasteiger partial charge in [0.05, 0.1) is 4.88 Å². The molecule has 0 atom stereocenters. The molecule has 0 unspecified atom stereocenters. The molecule has 2 aromatic rings. The van der Waals surface area contributed by atoms with Gasteiger partial charge in [-0.25, -0.2) is 0 Å². The van der Waals surface area contributed by atoms with Crippen molar-refractivity contribution in [3.63, 3.8) is 0 Å². The molecular weight excluding hydrogens is 207 g/mol. The zero-order valence-corrected chi connectivity index (χ0v) is 9.04. The van der Waals surface area contributed by atoms with Crippen LogP contribution in [0, 0.1) is 6.92 Å². The second-order valence-electron chi connectivity index (χ2n) is 3.61. The lowest BCUT2D eigenvalue weighted by molar-refractivity contribution is 0.432. The molecule has 74 valence electrons. The van der Waals surface area contributed by atoms with E-state index in [4.69, 9.17) is 4.65 Å². The van der Waals surface area contributed by atoms with Crippen LogP contribution in [0.1, 0.15) is 4.88 Å². The van der Waals surface area contributed by atoms with Crippen molar-refractivity contribution in [1.29, 1.82) is 0 Å². The topological polar surface area (TPSA) is 29.5 Å². The third-order valence-corrected chi connectivity index (χ3v) is 3.60. The minimum Gasteiger partial charge on any atom is -0.531 e. The highest BCUT2D eigenvalue weighted by molar-refractivity contribution is 7.16. The van der Waals surface area contributed by atoms with E-state index < -0.39 is 7.12 Å². The zero-order valence-electron chi connectivity index (χ0n) is 8.23. The monoisotopic (exact) mass is 216 g/mol. The molecule has 0 aliphatic carbocycles. The molecule has 1 aliphatic rings. The van der Waals surface area contributed by atoms with E-state index in [0.717, 1.165) is 21.7 Å². The molecule has 2 heterocycles. The molecule has 0 radical (unpaired) electrons. The third kappa shape index (κ3) is 1.29. The fourth-order valence-corrected chi connectivity index (χ4v) is 2.86. The van der Waals surface area contributed by atoms with Gasteiger partial charge in [0.25, 0.3) is 0 Å². The predicted octanol–water partition coefficient (Wildman–Crippen LogP) is 1.80. The Kier molecular flexibility index (Phi) is 1.87. The van der Waals surface area contributed by atoms with Crippen LogP contribution in [0.5, 0.6) is 5.75 Å². The number of aryl methyl sites for hydroxylation is 1. The second-order valence-corrected chi connectivity index (χ2v) is 4.86. The fourth-order valence-electron chi connectivity index (χ4n) is 1.87. The average Bonchev–Trinajstić information content (AvgIpc) is 2.59. The van der Waals surface area contributed by atoms with Crippen LogP contribution >= 0.6 is 11.3 Å². The molecule has 15 heavy (non-hydrogen) atoms. The van der Waals surface area contributed by atoms with Gasteiger partial charge in [-0.3, -0.25) is 0 Å². The summed E-state index contributed by atoms with van der Waals surface area (Å²) in [5.74, 6) is 0.795. The first-order valence-electron chi connectivity index (χ1n) is 4.80. The van der Waals surface area contributed by atoms with E-state index in [9.17, 15) is 5.02 Å².